The lowest BCUT2D eigenvalue weighted by Gasteiger charge is -2.33. The lowest BCUT2D eigenvalue weighted by atomic mass is 9.95. The van der Waals surface area contributed by atoms with Crippen LogP contribution in [0.15, 0.2) is 30.3 Å². The molecule has 1 fully saturated rings. The highest BCUT2D eigenvalue weighted by Gasteiger charge is 2.29. The Balaban J connectivity index is 1.79. The predicted molar refractivity (Wildman–Crippen MR) is 141 cm³/mol. The topological polar surface area (TPSA) is 91.0 Å². The summed E-state index contributed by atoms with van der Waals surface area (Å²) in [6.45, 7) is 6.83. The zero-order chi connectivity index (χ0) is 27.3. The summed E-state index contributed by atoms with van der Waals surface area (Å²) in [5.41, 5.74) is -0.260. The fraction of sp³-hybridized carbons (Fsp3) is 0.480. The molecule has 8 nitrogen and oxygen atoms in total. The molecule has 1 aliphatic rings. The normalized spacial score (nSPS) is 15.3. The summed E-state index contributed by atoms with van der Waals surface area (Å²) in [7, 11) is 1.77. The molecular weight excluding hydrogens is 526 g/mol. The van der Waals surface area contributed by atoms with Crippen molar-refractivity contribution in [2.45, 2.75) is 33.2 Å². The summed E-state index contributed by atoms with van der Waals surface area (Å²) in [5, 5.41) is 5.47. The van der Waals surface area contributed by atoms with Gasteiger partial charge >= 0.3 is 0 Å². The van der Waals surface area contributed by atoms with Gasteiger partial charge in [0.05, 0.1) is 21.5 Å². The number of amides is 3. The second kappa shape index (κ2) is 12.3. The zero-order valence-corrected chi connectivity index (χ0v) is 22.7. The summed E-state index contributed by atoms with van der Waals surface area (Å²) in [5.74, 6) is -1.23. The maximum absolute atomic E-state index is 13.9. The van der Waals surface area contributed by atoms with Crippen LogP contribution in [0.25, 0.3) is 0 Å². The fourth-order valence-electron chi connectivity index (χ4n) is 4.07. The number of morpholine rings is 1. The molecule has 3 amide bonds. The minimum Gasteiger partial charge on any atom is -0.370 e. The molecular formula is C25H31ClF2N4O4S. The highest BCUT2D eigenvalue weighted by molar-refractivity contribution is 7.18. The van der Waals surface area contributed by atoms with Gasteiger partial charge in [-0.2, -0.15) is 0 Å². The molecule has 202 valence electrons. The summed E-state index contributed by atoms with van der Waals surface area (Å²) < 4.78 is 33.4. The van der Waals surface area contributed by atoms with Gasteiger partial charge in [-0.1, -0.05) is 32.4 Å². The molecule has 1 aliphatic heterocycles. The van der Waals surface area contributed by atoms with Crippen molar-refractivity contribution in [3.05, 3.63) is 45.1 Å². The van der Waals surface area contributed by atoms with Gasteiger partial charge in [-0.05, 0) is 42.8 Å². The third-order valence-corrected chi connectivity index (χ3v) is 6.85. The van der Waals surface area contributed by atoms with Gasteiger partial charge in [0.15, 0.2) is 0 Å². The molecule has 0 unspecified atom stereocenters. The lowest BCUT2D eigenvalue weighted by Crippen LogP contribution is -2.51. The number of hydrogen-bond acceptors (Lipinski definition) is 6. The van der Waals surface area contributed by atoms with Crippen LogP contribution in [0.5, 0.6) is 0 Å². The molecule has 1 atom stereocenters. The summed E-state index contributed by atoms with van der Waals surface area (Å²) in [6, 6.07) is 6.49. The molecule has 1 aromatic heterocycles. The number of anilines is 2. The number of halogens is 3. The first-order chi connectivity index (χ1) is 17.4. The average molecular weight is 557 g/mol. The fourth-order valence-corrected chi connectivity index (χ4v) is 5.03. The van der Waals surface area contributed by atoms with E-state index in [2.05, 4.69) is 10.6 Å². The van der Waals surface area contributed by atoms with E-state index in [9.17, 15) is 23.2 Å². The van der Waals surface area contributed by atoms with Gasteiger partial charge in [-0.3, -0.25) is 19.3 Å². The molecule has 0 saturated carbocycles. The van der Waals surface area contributed by atoms with Gasteiger partial charge in [-0.15, -0.1) is 11.3 Å². The number of carbonyl (C=O) groups is 3. The van der Waals surface area contributed by atoms with E-state index in [1.165, 1.54) is 23.1 Å². The van der Waals surface area contributed by atoms with E-state index in [0.29, 0.717) is 15.8 Å². The zero-order valence-electron chi connectivity index (χ0n) is 21.1. The van der Waals surface area contributed by atoms with Crippen molar-refractivity contribution in [3.63, 3.8) is 0 Å². The summed E-state index contributed by atoms with van der Waals surface area (Å²) in [6.07, 6.45) is -2.86. The van der Waals surface area contributed by atoms with Crippen LogP contribution in [-0.2, 0) is 14.3 Å². The smallest absolute Gasteiger partial charge is 0.265 e. The number of hydrogen-bond donors (Lipinski definition) is 2. The van der Waals surface area contributed by atoms with Gasteiger partial charge in [0.25, 0.3) is 18.2 Å². The van der Waals surface area contributed by atoms with Crippen molar-refractivity contribution < 1.29 is 27.9 Å². The Hall–Kier alpha value is -2.60. The maximum Gasteiger partial charge on any atom is 0.265 e. The highest BCUT2D eigenvalue weighted by atomic mass is 35.5. The van der Waals surface area contributed by atoms with Gasteiger partial charge in [0.1, 0.15) is 12.6 Å². The van der Waals surface area contributed by atoms with E-state index in [4.69, 9.17) is 16.3 Å². The van der Waals surface area contributed by atoms with Gasteiger partial charge in [0, 0.05) is 30.9 Å². The van der Waals surface area contributed by atoms with Crippen LogP contribution in [0.4, 0.5) is 20.2 Å². The highest BCUT2D eigenvalue weighted by Crippen LogP contribution is 2.33. The van der Waals surface area contributed by atoms with E-state index < -0.39 is 24.3 Å². The maximum atomic E-state index is 13.9. The van der Waals surface area contributed by atoms with Crippen LogP contribution >= 0.6 is 22.9 Å². The molecule has 1 aromatic carbocycles. The lowest BCUT2D eigenvalue weighted by molar-refractivity contribution is -0.125. The first-order valence-electron chi connectivity index (χ1n) is 11.7. The molecule has 0 bridgehead atoms. The van der Waals surface area contributed by atoms with E-state index in [-0.39, 0.29) is 54.6 Å². The number of ether oxygens (including phenoxy) is 1. The van der Waals surface area contributed by atoms with Crippen LogP contribution in [0.1, 0.15) is 42.4 Å². The minimum atomic E-state index is -2.86. The molecule has 12 heteroatoms. The summed E-state index contributed by atoms with van der Waals surface area (Å²) in [4.78, 5) is 41.5. The monoisotopic (exact) mass is 556 g/mol. The largest absolute Gasteiger partial charge is 0.370 e. The Kier molecular flexibility index (Phi) is 9.63. The molecule has 2 N–H and O–H groups in total. The number of benzene rings is 1. The first-order valence-corrected chi connectivity index (χ1v) is 12.9. The number of nitrogens with one attached hydrogen (secondary N) is 2. The van der Waals surface area contributed by atoms with E-state index in [0.717, 1.165) is 11.3 Å². The van der Waals surface area contributed by atoms with Crippen molar-refractivity contribution in [2.75, 3.05) is 50.1 Å². The number of rotatable bonds is 9. The van der Waals surface area contributed by atoms with E-state index >= 15 is 0 Å². The molecule has 0 spiro atoms. The average Bonchev–Trinajstić information content (AvgIpc) is 3.24. The number of nitrogens with zero attached hydrogens (tertiary/aromatic N) is 2. The van der Waals surface area contributed by atoms with Gasteiger partial charge in [0.2, 0.25) is 5.91 Å². The second-order valence-electron chi connectivity index (χ2n) is 9.97. The van der Waals surface area contributed by atoms with Crippen LogP contribution in [0, 0.1) is 5.41 Å². The Bertz CT molecular complexity index is 1140. The van der Waals surface area contributed by atoms with Crippen LogP contribution in [0.2, 0.25) is 4.34 Å². The molecule has 2 aromatic rings. The van der Waals surface area contributed by atoms with Crippen molar-refractivity contribution in [1.29, 1.82) is 0 Å². The Morgan fingerprint density at radius 2 is 1.97 bits per heavy atom. The SMILES string of the molecule is CN(CC(C)(C)C)[C@H](CNC(=O)c1ccc(Cl)s1)C(=O)Nc1ccc(N2CCOCC2=O)c(C(F)F)c1. The van der Waals surface area contributed by atoms with Crippen molar-refractivity contribution in [1.82, 2.24) is 10.2 Å². The molecule has 0 aliphatic carbocycles. The molecule has 3 rings (SSSR count). The van der Waals surface area contributed by atoms with E-state index in [1.54, 1.807) is 19.2 Å². The Morgan fingerprint density at radius 3 is 2.57 bits per heavy atom. The summed E-state index contributed by atoms with van der Waals surface area (Å²) >= 11 is 7.05. The van der Waals surface area contributed by atoms with Crippen LogP contribution in [-0.4, -0.2) is 68.6 Å². The van der Waals surface area contributed by atoms with Crippen molar-refractivity contribution >= 4 is 52.0 Å². The number of carbonyl (C=O) groups excluding carboxylic acids is 3. The Labute approximate surface area is 223 Å². The molecule has 0 radical (unpaired) electrons. The van der Waals surface area contributed by atoms with Crippen LogP contribution < -0.4 is 15.5 Å². The number of alkyl halides is 2. The Morgan fingerprint density at radius 1 is 1.24 bits per heavy atom. The van der Waals surface area contributed by atoms with Crippen LogP contribution in [0.3, 0.4) is 0 Å². The van der Waals surface area contributed by atoms with Crippen molar-refractivity contribution in [2.24, 2.45) is 5.41 Å². The standard InChI is InChI=1S/C25H31ClF2N4O4S/c1-25(2,3)14-31(4)18(12-29-24(35)19-7-8-20(26)37-19)23(34)30-15-5-6-17(16(11-15)22(27)28)32-9-10-36-13-21(32)33/h5-8,11,18,22H,9-10,12-14H2,1-4H3,(H,29,35)(H,30,34)/t18-/m1/s1. The quantitative estimate of drug-likeness (QED) is 0.477. The number of likely N-dealkylation sites (N-methyl/N-ethyl adjacent to an activating group) is 1. The van der Waals surface area contributed by atoms with E-state index in [1.807, 2.05) is 25.7 Å². The second-order valence-corrected chi connectivity index (χ2v) is 11.7. The molecule has 37 heavy (non-hydrogen) atoms. The van der Waals surface area contributed by atoms with Crippen molar-refractivity contribution in [3.8, 4) is 0 Å². The minimum absolute atomic E-state index is 0.00513. The molecule has 2 heterocycles. The third kappa shape index (κ3) is 7.94. The third-order valence-electron chi connectivity index (χ3n) is 5.62. The molecule has 1 saturated heterocycles. The predicted octanol–water partition coefficient (Wildman–Crippen LogP) is 4.42. The number of thiophene rings is 1. The van der Waals surface area contributed by atoms with Gasteiger partial charge in [-0.25, -0.2) is 8.78 Å². The first kappa shape index (κ1) is 29.0. The van der Waals surface area contributed by atoms with Gasteiger partial charge < -0.3 is 20.3 Å².